The van der Waals surface area contributed by atoms with E-state index < -0.39 is 0 Å². The molecule has 3 heterocycles. The zero-order chi connectivity index (χ0) is 12.2. The molecule has 0 aromatic carbocycles. The fourth-order valence-corrected chi connectivity index (χ4v) is 2.44. The Kier molecular flexibility index (Phi) is 3.39. The Labute approximate surface area is 107 Å². The number of piperazine rings is 1. The minimum atomic E-state index is 0.128. The molecule has 4 nitrogen and oxygen atoms in total. The Balaban J connectivity index is 1.93. The minimum Gasteiger partial charge on any atom is -0.467 e. The van der Waals surface area contributed by atoms with E-state index in [-0.39, 0.29) is 6.04 Å². The van der Waals surface area contributed by atoms with Crippen LogP contribution in [0.3, 0.4) is 0 Å². The van der Waals surface area contributed by atoms with Crippen LogP contribution < -0.4 is 5.32 Å². The summed E-state index contributed by atoms with van der Waals surface area (Å²) in [7, 11) is 0. The molecule has 1 atom stereocenters. The van der Waals surface area contributed by atoms with Crippen molar-refractivity contribution in [1.82, 2.24) is 15.2 Å². The highest BCUT2D eigenvalue weighted by molar-refractivity contribution is 5.20. The molecule has 0 spiro atoms. The SMILES string of the molecule is c1ccc(C(c2ccco2)N2CCNCC2)nc1. The molecule has 4 heteroatoms. The van der Waals surface area contributed by atoms with Gasteiger partial charge in [-0.25, -0.2) is 0 Å². The first-order valence-electron chi connectivity index (χ1n) is 6.34. The van der Waals surface area contributed by atoms with Crippen molar-refractivity contribution in [2.75, 3.05) is 26.2 Å². The van der Waals surface area contributed by atoms with E-state index in [0.29, 0.717) is 0 Å². The Morgan fingerprint density at radius 1 is 1.17 bits per heavy atom. The number of hydrogen-bond acceptors (Lipinski definition) is 4. The van der Waals surface area contributed by atoms with Crippen LogP contribution in [-0.4, -0.2) is 36.1 Å². The van der Waals surface area contributed by atoms with Crippen LogP contribution in [-0.2, 0) is 0 Å². The second kappa shape index (κ2) is 5.33. The molecule has 0 amide bonds. The molecule has 0 saturated carbocycles. The lowest BCUT2D eigenvalue weighted by atomic mass is 10.1. The molecule has 2 aromatic rings. The lowest BCUT2D eigenvalue weighted by molar-refractivity contribution is 0.177. The van der Waals surface area contributed by atoms with Crippen LogP contribution in [0.1, 0.15) is 17.5 Å². The molecule has 1 fully saturated rings. The Hall–Kier alpha value is -1.65. The van der Waals surface area contributed by atoms with Crippen LogP contribution in [0.2, 0.25) is 0 Å². The summed E-state index contributed by atoms with van der Waals surface area (Å²) in [5, 5.41) is 3.37. The zero-order valence-electron chi connectivity index (χ0n) is 10.2. The van der Waals surface area contributed by atoms with Crippen molar-refractivity contribution >= 4 is 0 Å². The molecule has 0 aliphatic carbocycles. The molecular formula is C14H17N3O. The largest absolute Gasteiger partial charge is 0.467 e. The van der Waals surface area contributed by atoms with Gasteiger partial charge in [-0.05, 0) is 24.3 Å². The van der Waals surface area contributed by atoms with Crippen LogP contribution in [0.4, 0.5) is 0 Å². The second-order valence-electron chi connectivity index (χ2n) is 4.46. The quantitative estimate of drug-likeness (QED) is 0.890. The number of hydrogen-bond donors (Lipinski definition) is 1. The normalized spacial score (nSPS) is 18.7. The van der Waals surface area contributed by atoms with Gasteiger partial charge in [-0.3, -0.25) is 9.88 Å². The zero-order valence-corrected chi connectivity index (χ0v) is 10.2. The van der Waals surface area contributed by atoms with E-state index in [2.05, 4.69) is 21.3 Å². The molecule has 2 aromatic heterocycles. The lowest BCUT2D eigenvalue weighted by Gasteiger charge is -2.33. The molecule has 18 heavy (non-hydrogen) atoms. The van der Waals surface area contributed by atoms with Crippen molar-refractivity contribution in [3.63, 3.8) is 0 Å². The summed E-state index contributed by atoms with van der Waals surface area (Å²) in [5.74, 6) is 0.968. The summed E-state index contributed by atoms with van der Waals surface area (Å²) in [5.41, 5.74) is 1.05. The van der Waals surface area contributed by atoms with Gasteiger partial charge in [-0.15, -0.1) is 0 Å². The van der Waals surface area contributed by atoms with Crippen LogP contribution >= 0.6 is 0 Å². The third-order valence-electron chi connectivity index (χ3n) is 3.30. The number of nitrogens with one attached hydrogen (secondary N) is 1. The van der Waals surface area contributed by atoms with Crippen LogP contribution in [0.25, 0.3) is 0 Å². The van der Waals surface area contributed by atoms with Crippen LogP contribution in [0.5, 0.6) is 0 Å². The van der Waals surface area contributed by atoms with Crippen molar-refractivity contribution in [3.8, 4) is 0 Å². The van der Waals surface area contributed by atoms with Crippen molar-refractivity contribution < 1.29 is 4.42 Å². The number of nitrogens with zero attached hydrogens (tertiary/aromatic N) is 2. The highest BCUT2D eigenvalue weighted by atomic mass is 16.3. The summed E-state index contributed by atoms with van der Waals surface area (Å²) in [6, 6.07) is 10.1. The van der Waals surface area contributed by atoms with Crippen LogP contribution in [0.15, 0.2) is 47.2 Å². The molecule has 1 aliphatic heterocycles. The highest BCUT2D eigenvalue weighted by Gasteiger charge is 2.26. The Morgan fingerprint density at radius 3 is 2.72 bits per heavy atom. The molecule has 94 valence electrons. The van der Waals surface area contributed by atoms with Crippen molar-refractivity contribution in [2.45, 2.75) is 6.04 Å². The van der Waals surface area contributed by atoms with Gasteiger partial charge in [0.1, 0.15) is 11.8 Å². The Morgan fingerprint density at radius 2 is 2.06 bits per heavy atom. The summed E-state index contributed by atoms with van der Waals surface area (Å²) < 4.78 is 5.60. The van der Waals surface area contributed by atoms with Gasteiger partial charge >= 0.3 is 0 Å². The van der Waals surface area contributed by atoms with E-state index in [1.54, 1.807) is 6.26 Å². The molecule has 1 saturated heterocycles. The number of aromatic nitrogens is 1. The lowest BCUT2D eigenvalue weighted by Crippen LogP contribution is -2.45. The van der Waals surface area contributed by atoms with Crippen molar-refractivity contribution in [3.05, 3.63) is 54.2 Å². The predicted molar refractivity (Wildman–Crippen MR) is 69.2 cm³/mol. The molecule has 0 radical (unpaired) electrons. The Bertz CT molecular complexity index is 463. The van der Waals surface area contributed by atoms with E-state index in [4.69, 9.17) is 4.42 Å². The van der Waals surface area contributed by atoms with Gasteiger partial charge in [0.05, 0.1) is 12.0 Å². The highest BCUT2D eigenvalue weighted by Crippen LogP contribution is 2.27. The molecular weight excluding hydrogens is 226 g/mol. The standard InChI is InChI=1S/C14H17N3O/c1-2-6-16-12(4-1)14(13-5-3-11-18-13)17-9-7-15-8-10-17/h1-6,11,14-15H,7-10H2. The van der Waals surface area contributed by atoms with Gasteiger partial charge in [-0.2, -0.15) is 0 Å². The van der Waals surface area contributed by atoms with E-state index >= 15 is 0 Å². The average Bonchev–Trinajstić information content (AvgIpc) is 2.95. The summed E-state index contributed by atoms with van der Waals surface area (Å²) in [6.45, 7) is 4.07. The van der Waals surface area contributed by atoms with Gasteiger partial charge < -0.3 is 9.73 Å². The first-order chi connectivity index (χ1) is 8.95. The van der Waals surface area contributed by atoms with E-state index in [9.17, 15) is 0 Å². The maximum Gasteiger partial charge on any atom is 0.127 e. The van der Waals surface area contributed by atoms with Gasteiger partial charge in [0.2, 0.25) is 0 Å². The topological polar surface area (TPSA) is 41.3 Å². The fourth-order valence-electron chi connectivity index (χ4n) is 2.44. The van der Waals surface area contributed by atoms with Crippen molar-refractivity contribution in [2.24, 2.45) is 0 Å². The summed E-state index contributed by atoms with van der Waals surface area (Å²) in [6.07, 6.45) is 3.57. The monoisotopic (exact) mass is 243 g/mol. The maximum absolute atomic E-state index is 5.60. The first-order valence-corrected chi connectivity index (χ1v) is 6.34. The predicted octanol–water partition coefficient (Wildman–Crippen LogP) is 1.67. The third-order valence-corrected chi connectivity index (χ3v) is 3.30. The van der Waals surface area contributed by atoms with E-state index in [0.717, 1.165) is 37.6 Å². The van der Waals surface area contributed by atoms with Gasteiger partial charge in [0.15, 0.2) is 0 Å². The fraction of sp³-hybridized carbons (Fsp3) is 0.357. The number of furan rings is 1. The molecule has 1 aliphatic rings. The maximum atomic E-state index is 5.60. The van der Waals surface area contributed by atoms with Crippen LogP contribution in [0, 0.1) is 0 Å². The van der Waals surface area contributed by atoms with E-state index in [1.165, 1.54) is 0 Å². The van der Waals surface area contributed by atoms with Gasteiger partial charge in [0, 0.05) is 32.4 Å². The third kappa shape index (κ3) is 2.30. The first kappa shape index (κ1) is 11.4. The van der Waals surface area contributed by atoms with Gasteiger partial charge in [-0.1, -0.05) is 6.07 Å². The molecule has 1 N–H and O–H groups in total. The minimum absolute atomic E-state index is 0.128. The van der Waals surface area contributed by atoms with Gasteiger partial charge in [0.25, 0.3) is 0 Å². The summed E-state index contributed by atoms with van der Waals surface area (Å²) >= 11 is 0. The second-order valence-corrected chi connectivity index (χ2v) is 4.46. The summed E-state index contributed by atoms with van der Waals surface area (Å²) in [4.78, 5) is 6.90. The molecule has 1 unspecified atom stereocenters. The smallest absolute Gasteiger partial charge is 0.127 e. The van der Waals surface area contributed by atoms with Crippen molar-refractivity contribution in [1.29, 1.82) is 0 Å². The molecule has 3 rings (SSSR count). The van der Waals surface area contributed by atoms with E-state index in [1.807, 2.05) is 30.5 Å². The molecule has 0 bridgehead atoms. The number of pyridine rings is 1. The number of rotatable bonds is 3. The average molecular weight is 243 g/mol.